The number of ketones is 1. The van der Waals surface area contributed by atoms with Crippen molar-refractivity contribution in [1.29, 1.82) is 0 Å². The van der Waals surface area contributed by atoms with E-state index in [0.717, 1.165) is 47.8 Å². The molecular formula is C15H20O. The van der Waals surface area contributed by atoms with Crippen LogP contribution in [0.15, 0.2) is 0 Å². The summed E-state index contributed by atoms with van der Waals surface area (Å²) in [5.41, 5.74) is 0. The van der Waals surface area contributed by atoms with Crippen LogP contribution in [0, 0.1) is 47.3 Å². The summed E-state index contributed by atoms with van der Waals surface area (Å²) in [5.74, 6) is 8.09. The lowest BCUT2D eigenvalue weighted by Gasteiger charge is -2.40. The van der Waals surface area contributed by atoms with Crippen molar-refractivity contribution in [3.8, 4) is 0 Å². The maximum atomic E-state index is 11.9. The average Bonchev–Trinajstić information content (AvgIpc) is 2.99. The summed E-state index contributed by atoms with van der Waals surface area (Å²) >= 11 is 0. The van der Waals surface area contributed by atoms with Gasteiger partial charge < -0.3 is 0 Å². The van der Waals surface area contributed by atoms with E-state index in [1.54, 1.807) is 0 Å². The minimum absolute atomic E-state index is 0.534. The fourth-order valence-corrected chi connectivity index (χ4v) is 7.05. The van der Waals surface area contributed by atoms with Gasteiger partial charge in [0.2, 0.25) is 0 Å². The van der Waals surface area contributed by atoms with E-state index in [9.17, 15) is 4.79 Å². The summed E-state index contributed by atoms with van der Waals surface area (Å²) in [5, 5.41) is 0. The van der Waals surface area contributed by atoms with Crippen molar-refractivity contribution in [1.82, 2.24) is 0 Å². The van der Waals surface area contributed by atoms with Gasteiger partial charge in [-0.1, -0.05) is 6.42 Å². The molecule has 0 aliphatic heterocycles. The highest BCUT2D eigenvalue weighted by Crippen LogP contribution is 2.72. The fraction of sp³-hybridized carbons (Fsp3) is 0.933. The Labute approximate surface area is 97.0 Å². The quantitative estimate of drug-likeness (QED) is 0.569. The molecular weight excluding hydrogens is 196 g/mol. The van der Waals surface area contributed by atoms with Gasteiger partial charge in [-0.2, -0.15) is 0 Å². The molecule has 16 heavy (non-hydrogen) atoms. The molecule has 86 valence electrons. The van der Waals surface area contributed by atoms with E-state index in [0.29, 0.717) is 11.7 Å². The Hall–Kier alpha value is -0.330. The Bertz CT molecular complexity index is 374. The van der Waals surface area contributed by atoms with Crippen molar-refractivity contribution in [3.63, 3.8) is 0 Å². The van der Waals surface area contributed by atoms with Crippen LogP contribution in [-0.4, -0.2) is 5.78 Å². The first-order chi connectivity index (χ1) is 7.84. The number of Topliss-reactive ketones (excluding diaryl/α,β-unsaturated/α-hetero) is 1. The van der Waals surface area contributed by atoms with Crippen LogP contribution in [-0.2, 0) is 4.79 Å². The summed E-state index contributed by atoms with van der Waals surface area (Å²) in [4.78, 5) is 11.9. The molecule has 0 aromatic heterocycles. The van der Waals surface area contributed by atoms with Gasteiger partial charge in [0.25, 0.3) is 0 Å². The molecule has 0 amide bonds. The number of carbonyl (C=O) groups is 1. The normalized spacial score (nSPS) is 65.4. The number of hydrogen-bond donors (Lipinski definition) is 0. The molecule has 1 heteroatoms. The van der Waals surface area contributed by atoms with E-state index in [1.807, 2.05) is 0 Å². The van der Waals surface area contributed by atoms with Crippen molar-refractivity contribution in [2.45, 2.75) is 38.5 Å². The summed E-state index contributed by atoms with van der Waals surface area (Å²) in [6, 6.07) is 0. The van der Waals surface area contributed by atoms with Crippen LogP contribution >= 0.6 is 0 Å². The van der Waals surface area contributed by atoms with Crippen LogP contribution in [0.3, 0.4) is 0 Å². The fourth-order valence-electron chi connectivity index (χ4n) is 7.05. The Kier molecular flexibility index (Phi) is 1.40. The van der Waals surface area contributed by atoms with Gasteiger partial charge in [-0.15, -0.1) is 0 Å². The topological polar surface area (TPSA) is 17.1 Å². The van der Waals surface area contributed by atoms with E-state index in [4.69, 9.17) is 0 Å². The van der Waals surface area contributed by atoms with Crippen LogP contribution in [0.2, 0.25) is 0 Å². The summed E-state index contributed by atoms with van der Waals surface area (Å²) in [6.45, 7) is 0. The maximum absolute atomic E-state index is 11.9. The van der Waals surface area contributed by atoms with Crippen molar-refractivity contribution >= 4 is 5.78 Å². The van der Waals surface area contributed by atoms with Crippen molar-refractivity contribution in [3.05, 3.63) is 0 Å². The van der Waals surface area contributed by atoms with Crippen LogP contribution in [0.1, 0.15) is 38.5 Å². The minimum atomic E-state index is 0.534. The molecule has 5 aliphatic rings. The molecule has 5 rings (SSSR count). The van der Waals surface area contributed by atoms with E-state index in [1.165, 1.54) is 32.1 Å². The molecule has 0 heterocycles. The molecule has 0 aromatic rings. The number of rotatable bonds is 0. The first-order valence-corrected chi connectivity index (χ1v) is 7.37. The molecule has 5 fully saturated rings. The highest BCUT2D eigenvalue weighted by Gasteiger charge is 2.67. The van der Waals surface area contributed by atoms with Gasteiger partial charge in [0.15, 0.2) is 0 Å². The lowest BCUT2D eigenvalue weighted by atomic mass is 9.64. The standard InChI is InChI=1S/C15H20O/c16-13-5-7-4-12(13)15-11-6-10(14(7)15)8-2-1-3-9(8)11/h7-12,14-15H,1-6H2/t7-,8-,9+,10+,11-,12+,14?,15?/m1/s1. The number of hydrogen-bond acceptors (Lipinski definition) is 1. The lowest BCUT2D eigenvalue weighted by molar-refractivity contribution is -0.126. The van der Waals surface area contributed by atoms with Gasteiger partial charge in [0.1, 0.15) is 5.78 Å². The second-order valence-corrected chi connectivity index (χ2v) is 7.25. The molecule has 0 radical (unpaired) electrons. The van der Waals surface area contributed by atoms with Crippen molar-refractivity contribution in [2.24, 2.45) is 47.3 Å². The lowest BCUT2D eigenvalue weighted by Crippen LogP contribution is -2.38. The monoisotopic (exact) mass is 216 g/mol. The van der Waals surface area contributed by atoms with E-state index < -0.39 is 0 Å². The first kappa shape index (κ1) is 8.72. The van der Waals surface area contributed by atoms with E-state index >= 15 is 0 Å². The molecule has 0 aromatic carbocycles. The molecule has 5 aliphatic carbocycles. The van der Waals surface area contributed by atoms with Crippen LogP contribution in [0.4, 0.5) is 0 Å². The van der Waals surface area contributed by atoms with Crippen molar-refractivity contribution in [2.75, 3.05) is 0 Å². The number of carbonyl (C=O) groups excluding carboxylic acids is 1. The zero-order chi connectivity index (χ0) is 10.4. The van der Waals surface area contributed by atoms with Crippen LogP contribution < -0.4 is 0 Å². The van der Waals surface area contributed by atoms with Gasteiger partial charge in [-0.05, 0) is 67.1 Å². The number of fused-ring (bicyclic) bond motifs is 12. The van der Waals surface area contributed by atoms with Gasteiger partial charge >= 0.3 is 0 Å². The largest absolute Gasteiger partial charge is 0.299 e. The Morgan fingerprint density at radius 2 is 1.62 bits per heavy atom. The Morgan fingerprint density at radius 1 is 0.875 bits per heavy atom. The highest BCUT2D eigenvalue weighted by molar-refractivity contribution is 5.85. The zero-order valence-corrected chi connectivity index (χ0v) is 9.77. The molecule has 2 unspecified atom stereocenters. The molecule has 0 N–H and O–H groups in total. The van der Waals surface area contributed by atoms with Crippen LogP contribution in [0.5, 0.6) is 0 Å². The van der Waals surface area contributed by atoms with Gasteiger partial charge in [-0.3, -0.25) is 4.79 Å². The third-order valence-electron chi connectivity index (χ3n) is 7.14. The predicted molar refractivity (Wildman–Crippen MR) is 60.6 cm³/mol. The first-order valence-electron chi connectivity index (χ1n) is 7.37. The Balaban J connectivity index is 1.59. The second kappa shape index (κ2) is 2.57. The summed E-state index contributed by atoms with van der Waals surface area (Å²) in [6.07, 6.45) is 8.30. The summed E-state index contributed by atoms with van der Waals surface area (Å²) < 4.78 is 0. The SMILES string of the molecule is O=C1C[C@H]2C[C@@H]1C1C2[C@H]2C[C@@H]1[C@H]1CCC[C@H]12. The third kappa shape index (κ3) is 0.762. The maximum Gasteiger partial charge on any atom is 0.136 e. The predicted octanol–water partition coefficient (Wildman–Crippen LogP) is 2.89. The molecule has 1 nitrogen and oxygen atoms in total. The van der Waals surface area contributed by atoms with E-state index in [-0.39, 0.29) is 0 Å². The minimum Gasteiger partial charge on any atom is -0.299 e. The summed E-state index contributed by atoms with van der Waals surface area (Å²) in [7, 11) is 0. The third-order valence-corrected chi connectivity index (χ3v) is 7.14. The highest BCUT2D eigenvalue weighted by atomic mass is 16.1. The van der Waals surface area contributed by atoms with Gasteiger partial charge in [0, 0.05) is 12.3 Å². The van der Waals surface area contributed by atoms with E-state index in [2.05, 4.69) is 0 Å². The molecule has 4 bridgehead atoms. The van der Waals surface area contributed by atoms with Gasteiger partial charge in [-0.25, -0.2) is 0 Å². The molecule has 0 spiro atoms. The van der Waals surface area contributed by atoms with Gasteiger partial charge in [0.05, 0.1) is 0 Å². The molecule has 0 saturated heterocycles. The average molecular weight is 216 g/mol. The molecule has 5 saturated carbocycles. The Morgan fingerprint density at radius 3 is 2.44 bits per heavy atom. The van der Waals surface area contributed by atoms with Crippen molar-refractivity contribution < 1.29 is 4.79 Å². The zero-order valence-electron chi connectivity index (χ0n) is 9.77. The second-order valence-electron chi connectivity index (χ2n) is 7.25. The van der Waals surface area contributed by atoms with Crippen LogP contribution in [0.25, 0.3) is 0 Å². The smallest absolute Gasteiger partial charge is 0.136 e. The molecule has 8 atom stereocenters.